The standard InChI is InChI=1S/C21H19F3NO6P/c1-3-29-32(28,12-14-4-6-15(7-5-14)25-20(27)21(22,23)24)31-16-8-9-17-13(2)10-19(26)30-18(17)11-16/h4-11H,3,12H2,1-2H3,(H,25,27). The number of hydrogen-bond acceptors (Lipinski definition) is 6. The SMILES string of the molecule is CCOP(=O)(Cc1ccc(NC(=O)C(F)(F)F)cc1)Oc1ccc2c(C)cc(=O)oc2c1. The first-order valence-electron chi connectivity index (χ1n) is 9.44. The average molecular weight is 469 g/mol. The quantitative estimate of drug-likeness (QED) is 0.367. The van der Waals surface area contributed by atoms with Crippen molar-refractivity contribution in [2.24, 2.45) is 0 Å². The van der Waals surface area contributed by atoms with Gasteiger partial charge in [0, 0.05) is 23.2 Å². The van der Waals surface area contributed by atoms with E-state index >= 15 is 0 Å². The summed E-state index contributed by atoms with van der Waals surface area (Å²) in [5.74, 6) is -1.93. The molecule has 0 saturated carbocycles. The number of hydrogen-bond donors (Lipinski definition) is 1. The molecule has 1 amide bonds. The maximum atomic E-state index is 13.3. The van der Waals surface area contributed by atoms with E-state index in [-0.39, 0.29) is 29.8 Å². The first-order valence-corrected chi connectivity index (χ1v) is 11.2. The van der Waals surface area contributed by atoms with E-state index in [0.717, 1.165) is 0 Å². The fourth-order valence-electron chi connectivity index (χ4n) is 2.94. The molecule has 0 aliphatic carbocycles. The number of benzene rings is 2. The molecule has 0 radical (unpaired) electrons. The molecule has 1 N–H and O–H groups in total. The van der Waals surface area contributed by atoms with Crippen LogP contribution < -0.4 is 15.5 Å². The topological polar surface area (TPSA) is 94.8 Å². The second kappa shape index (κ2) is 9.18. The highest BCUT2D eigenvalue weighted by Crippen LogP contribution is 2.51. The lowest BCUT2D eigenvalue weighted by atomic mass is 10.1. The molecule has 1 aromatic heterocycles. The van der Waals surface area contributed by atoms with E-state index in [1.807, 2.05) is 0 Å². The predicted octanol–water partition coefficient (Wildman–Crippen LogP) is 5.41. The summed E-state index contributed by atoms with van der Waals surface area (Å²) in [5, 5.41) is 2.43. The van der Waals surface area contributed by atoms with Crippen LogP contribution in [-0.2, 0) is 20.0 Å². The minimum Gasteiger partial charge on any atom is -0.424 e. The van der Waals surface area contributed by atoms with Gasteiger partial charge in [0.25, 0.3) is 0 Å². The Labute approximate surface area is 180 Å². The van der Waals surface area contributed by atoms with Gasteiger partial charge in [-0.05, 0) is 49.2 Å². The van der Waals surface area contributed by atoms with E-state index in [0.29, 0.717) is 16.5 Å². The van der Waals surface area contributed by atoms with Crippen LogP contribution in [0.15, 0.2) is 57.7 Å². The van der Waals surface area contributed by atoms with Gasteiger partial charge in [0.15, 0.2) is 0 Å². The Kier molecular flexibility index (Phi) is 6.76. The number of anilines is 1. The van der Waals surface area contributed by atoms with Crippen molar-refractivity contribution < 1.29 is 36.0 Å². The molecule has 11 heteroatoms. The van der Waals surface area contributed by atoms with E-state index < -0.39 is 25.3 Å². The molecular weight excluding hydrogens is 450 g/mol. The molecule has 0 aliphatic heterocycles. The number of carbonyl (C=O) groups is 1. The van der Waals surface area contributed by atoms with Gasteiger partial charge in [0.2, 0.25) is 0 Å². The molecule has 1 heterocycles. The molecule has 170 valence electrons. The van der Waals surface area contributed by atoms with Crippen molar-refractivity contribution in [3.8, 4) is 5.75 Å². The van der Waals surface area contributed by atoms with Crippen LogP contribution in [0.25, 0.3) is 11.0 Å². The van der Waals surface area contributed by atoms with Gasteiger partial charge in [-0.2, -0.15) is 13.2 Å². The summed E-state index contributed by atoms with van der Waals surface area (Å²) in [6.07, 6.45) is -5.18. The minimum atomic E-state index is -5.01. The Morgan fingerprint density at radius 1 is 1.12 bits per heavy atom. The van der Waals surface area contributed by atoms with Gasteiger partial charge in [-0.3, -0.25) is 9.32 Å². The maximum absolute atomic E-state index is 13.3. The predicted molar refractivity (Wildman–Crippen MR) is 112 cm³/mol. The lowest BCUT2D eigenvalue weighted by Gasteiger charge is -2.19. The number of carbonyl (C=O) groups excluding carboxylic acids is 1. The molecule has 1 unspecified atom stereocenters. The Bertz CT molecular complexity index is 1240. The minimum absolute atomic E-state index is 0.0665. The van der Waals surface area contributed by atoms with Crippen LogP contribution >= 0.6 is 7.60 Å². The van der Waals surface area contributed by atoms with Crippen LogP contribution in [0.4, 0.5) is 18.9 Å². The molecule has 32 heavy (non-hydrogen) atoms. The molecule has 0 bridgehead atoms. The number of rotatable bonds is 7. The number of nitrogens with one attached hydrogen (secondary N) is 1. The Morgan fingerprint density at radius 3 is 2.44 bits per heavy atom. The summed E-state index contributed by atoms with van der Waals surface area (Å²) < 4.78 is 66.5. The number of amides is 1. The summed E-state index contributed by atoms with van der Waals surface area (Å²) >= 11 is 0. The third-order valence-corrected chi connectivity index (χ3v) is 6.23. The van der Waals surface area contributed by atoms with Gasteiger partial charge < -0.3 is 14.3 Å². The summed E-state index contributed by atoms with van der Waals surface area (Å²) in [5.41, 5.74) is 0.838. The molecule has 7 nitrogen and oxygen atoms in total. The normalized spacial score (nSPS) is 13.5. The first-order chi connectivity index (χ1) is 15.0. The summed E-state index contributed by atoms with van der Waals surface area (Å²) in [6.45, 7) is 3.47. The maximum Gasteiger partial charge on any atom is 0.471 e. The van der Waals surface area contributed by atoms with Crippen molar-refractivity contribution in [2.75, 3.05) is 11.9 Å². The smallest absolute Gasteiger partial charge is 0.424 e. The van der Waals surface area contributed by atoms with Gasteiger partial charge >= 0.3 is 25.3 Å². The van der Waals surface area contributed by atoms with Crippen LogP contribution in [0.2, 0.25) is 0 Å². The van der Waals surface area contributed by atoms with Gasteiger partial charge in [0.1, 0.15) is 11.3 Å². The molecule has 0 spiro atoms. The van der Waals surface area contributed by atoms with Gasteiger partial charge in [-0.25, -0.2) is 9.36 Å². The third-order valence-electron chi connectivity index (χ3n) is 4.34. The molecule has 1 atom stereocenters. The van der Waals surface area contributed by atoms with Gasteiger partial charge in [0.05, 0.1) is 12.8 Å². The molecule has 0 saturated heterocycles. The summed E-state index contributed by atoms with van der Waals surface area (Å²) in [6, 6.07) is 11.3. The van der Waals surface area contributed by atoms with E-state index in [9.17, 15) is 27.3 Å². The van der Waals surface area contributed by atoms with Gasteiger partial charge in [-0.15, -0.1) is 0 Å². The molecule has 3 aromatic rings. The van der Waals surface area contributed by atoms with E-state index in [2.05, 4.69) is 0 Å². The largest absolute Gasteiger partial charge is 0.471 e. The van der Waals surface area contributed by atoms with Crippen LogP contribution in [0, 0.1) is 6.92 Å². The van der Waals surface area contributed by atoms with E-state index in [4.69, 9.17) is 13.5 Å². The van der Waals surface area contributed by atoms with Crippen molar-refractivity contribution >= 4 is 30.2 Å². The monoisotopic (exact) mass is 469 g/mol. The summed E-state index contributed by atoms with van der Waals surface area (Å²) in [4.78, 5) is 22.6. The highest BCUT2D eigenvalue weighted by molar-refractivity contribution is 7.53. The van der Waals surface area contributed by atoms with Crippen molar-refractivity contribution in [1.29, 1.82) is 0 Å². The first kappa shape index (κ1) is 23.6. The van der Waals surface area contributed by atoms with Crippen molar-refractivity contribution in [3.63, 3.8) is 0 Å². The van der Waals surface area contributed by atoms with Crippen LogP contribution in [0.1, 0.15) is 18.1 Å². The zero-order valence-electron chi connectivity index (χ0n) is 17.1. The molecular formula is C21H19F3NO6P. The van der Waals surface area contributed by atoms with Crippen molar-refractivity contribution in [3.05, 3.63) is 70.1 Å². The second-order valence-corrected chi connectivity index (χ2v) is 8.81. The summed E-state index contributed by atoms with van der Waals surface area (Å²) in [7, 11) is -3.72. The zero-order chi connectivity index (χ0) is 23.5. The Hall–Kier alpha value is -3.10. The molecule has 2 aromatic carbocycles. The van der Waals surface area contributed by atoms with Crippen molar-refractivity contribution in [1.82, 2.24) is 0 Å². The Balaban J connectivity index is 1.80. The number of fused-ring (bicyclic) bond motifs is 1. The number of alkyl halides is 3. The van der Waals surface area contributed by atoms with E-state index in [1.165, 1.54) is 36.4 Å². The fourth-order valence-corrected chi connectivity index (χ4v) is 4.64. The second-order valence-electron chi connectivity index (χ2n) is 6.83. The zero-order valence-corrected chi connectivity index (χ0v) is 18.0. The highest BCUT2D eigenvalue weighted by atomic mass is 31.2. The lowest BCUT2D eigenvalue weighted by molar-refractivity contribution is -0.167. The third kappa shape index (κ3) is 5.77. The Morgan fingerprint density at radius 2 is 1.81 bits per heavy atom. The molecule has 0 fully saturated rings. The highest BCUT2D eigenvalue weighted by Gasteiger charge is 2.38. The van der Waals surface area contributed by atoms with Crippen molar-refractivity contribution in [2.45, 2.75) is 26.2 Å². The fraction of sp³-hybridized carbons (Fsp3) is 0.238. The number of aryl methyl sites for hydroxylation is 1. The lowest BCUT2D eigenvalue weighted by Crippen LogP contribution is -2.29. The van der Waals surface area contributed by atoms with Gasteiger partial charge in [-0.1, -0.05) is 12.1 Å². The number of halogens is 3. The van der Waals surface area contributed by atoms with Crippen LogP contribution in [-0.4, -0.2) is 18.7 Å². The van der Waals surface area contributed by atoms with E-state index in [1.54, 1.807) is 31.3 Å². The van der Waals surface area contributed by atoms with Crippen LogP contribution in [0.5, 0.6) is 5.75 Å². The molecule has 0 aliphatic rings. The average Bonchev–Trinajstić information content (AvgIpc) is 2.68. The van der Waals surface area contributed by atoms with Crippen LogP contribution in [0.3, 0.4) is 0 Å². The molecule has 3 rings (SSSR count).